The first kappa shape index (κ1) is 13.2. The number of aromatic carboxylic acids is 1. The molecule has 4 heteroatoms. The lowest BCUT2D eigenvalue weighted by Gasteiger charge is -2.12. The average molecular weight is 272 g/mol. The predicted molar refractivity (Wildman–Crippen MR) is 79.0 cm³/mol. The molecule has 0 radical (unpaired) electrons. The summed E-state index contributed by atoms with van der Waals surface area (Å²) < 4.78 is 2.09. The average Bonchev–Trinajstić information content (AvgIpc) is 3.05. The molecule has 1 fully saturated rings. The number of carboxylic acid groups (broad SMARTS) is 1. The molecule has 2 aromatic rings. The van der Waals surface area contributed by atoms with E-state index in [0.29, 0.717) is 11.6 Å². The Morgan fingerprint density at radius 2 is 2.10 bits per heavy atom. The number of hydrogen-bond acceptors (Lipinski definition) is 2. The van der Waals surface area contributed by atoms with E-state index in [1.165, 1.54) is 31.4 Å². The number of carboxylic acids is 1. The number of rotatable bonds is 4. The van der Waals surface area contributed by atoms with Crippen LogP contribution in [0.1, 0.15) is 41.7 Å². The third-order valence-corrected chi connectivity index (χ3v) is 4.32. The fourth-order valence-corrected chi connectivity index (χ4v) is 3.07. The summed E-state index contributed by atoms with van der Waals surface area (Å²) in [6.07, 6.45) is 5.20. The van der Waals surface area contributed by atoms with Crippen molar-refractivity contribution in [2.24, 2.45) is 7.05 Å². The summed E-state index contributed by atoms with van der Waals surface area (Å²) in [5.74, 6) is -0.876. The van der Waals surface area contributed by atoms with Gasteiger partial charge < -0.3 is 15.0 Å². The number of hydrogen-bond donors (Lipinski definition) is 2. The van der Waals surface area contributed by atoms with Gasteiger partial charge >= 0.3 is 5.97 Å². The minimum Gasteiger partial charge on any atom is -0.478 e. The maximum atomic E-state index is 11.0. The lowest BCUT2D eigenvalue weighted by atomic mass is 10.1. The molecule has 0 unspecified atom stereocenters. The minimum atomic E-state index is -0.876. The van der Waals surface area contributed by atoms with Crippen molar-refractivity contribution in [2.45, 2.75) is 38.3 Å². The number of nitrogens with zero attached hydrogens (tertiary/aromatic N) is 1. The van der Waals surface area contributed by atoms with Gasteiger partial charge in [-0.05, 0) is 36.4 Å². The molecule has 2 N–H and O–H groups in total. The Hall–Kier alpha value is -1.81. The molecular weight excluding hydrogens is 252 g/mol. The third-order valence-electron chi connectivity index (χ3n) is 4.32. The van der Waals surface area contributed by atoms with Gasteiger partial charge in [0.05, 0.1) is 5.56 Å². The summed E-state index contributed by atoms with van der Waals surface area (Å²) in [4.78, 5) is 11.0. The van der Waals surface area contributed by atoms with Crippen molar-refractivity contribution in [2.75, 3.05) is 0 Å². The van der Waals surface area contributed by atoms with Crippen molar-refractivity contribution >= 4 is 16.9 Å². The molecule has 0 atom stereocenters. The number of aryl methyl sites for hydroxylation is 1. The van der Waals surface area contributed by atoms with Crippen LogP contribution in [-0.4, -0.2) is 21.7 Å². The number of fused-ring (bicyclic) bond motifs is 1. The van der Waals surface area contributed by atoms with Crippen molar-refractivity contribution in [3.8, 4) is 0 Å². The normalized spacial score (nSPS) is 16.1. The molecule has 1 aromatic heterocycles. The van der Waals surface area contributed by atoms with E-state index < -0.39 is 5.97 Å². The second-order valence-electron chi connectivity index (χ2n) is 5.64. The van der Waals surface area contributed by atoms with E-state index in [9.17, 15) is 4.79 Å². The van der Waals surface area contributed by atoms with Crippen LogP contribution in [0.2, 0.25) is 0 Å². The monoisotopic (exact) mass is 272 g/mol. The van der Waals surface area contributed by atoms with Gasteiger partial charge in [-0.15, -0.1) is 0 Å². The Bertz CT molecular complexity index is 639. The first-order valence-corrected chi connectivity index (χ1v) is 7.20. The topological polar surface area (TPSA) is 54.3 Å². The zero-order chi connectivity index (χ0) is 14.1. The van der Waals surface area contributed by atoms with Gasteiger partial charge in [-0.25, -0.2) is 4.79 Å². The highest BCUT2D eigenvalue weighted by Crippen LogP contribution is 2.22. The van der Waals surface area contributed by atoms with Crippen LogP contribution >= 0.6 is 0 Å². The quantitative estimate of drug-likeness (QED) is 0.899. The Balaban J connectivity index is 1.84. The summed E-state index contributed by atoms with van der Waals surface area (Å²) in [5.41, 5.74) is 2.52. The summed E-state index contributed by atoms with van der Waals surface area (Å²) in [6.45, 7) is 0.845. The molecule has 1 saturated carbocycles. The molecule has 4 nitrogen and oxygen atoms in total. The summed E-state index contributed by atoms with van der Waals surface area (Å²) in [7, 11) is 2.00. The summed E-state index contributed by atoms with van der Waals surface area (Å²) in [5, 5.41) is 13.8. The molecule has 0 spiro atoms. The van der Waals surface area contributed by atoms with Crippen LogP contribution in [0.25, 0.3) is 10.9 Å². The van der Waals surface area contributed by atoms with Crippen LogP contribution in [0, 0.1) is 0 Å². The second kappa shape index (κ2) is 5.29. The Morgan fingerprint density at radius 1 is 1.35 bits per heavy atom. The molecule has 1 aromatic carbocycles. The number of benzene rings is 1. The maximum absolute atomic E-state index is 11.0. The van der Waals surface area contributed by atoms with Crippen molar-refractivity contribution < 1.29 is 9.90 Å². The highest BCUT2D eigenvalue weighted by molar-refractivity contribution is 5.93. The van der Waals surface area contributed by atoms with Crippen LogP contribution in [0.15, 0.2) is 24.3 Å². The van der Waals surface area contributed by atoms with Gasteiger partial charge in [-0.1, -0.05) is 18.9 Å². The van der Waals surface area contributed by atoms with Crippen molar-refractivity contribution in [1.29, 1.82) is 0 Å². The van der Waals surface area contributed by atoms with Crippen LogP contribution in [0.5, 0.6) is 0 Å². The zero-order valence-corrected chi connectivity index (χ0v) is 11.7. The van der Waals surface area contributed by atoms with Gasteiger partial charge in [0.25, 0.3) is 0 Å². The molecule has 20 heavy (non-hydrogen) atoms. The lowest BCUT2D eigenvalue weighted by Crippen LogP contribution is -2.26. The van der Waals surface area contributed by atoms with Gasteiger partial charge in [0.2, 0.25) is 0 Å². The lowest BCUT2D eigenvalue weighted by molar-refractivity contribution is 0.0697. The van der Waals surface area contributed by atoms with Crippen LogP contribution in [-0.2, 0) is 13.6 Å². The number of aromatic nitrogens is 1. The van der Waals surface area contributed by atoms with E-state index in [1.54, 1.807) is 12.1 Å². The molecule has 106 valence electrons. The van der Waals surface area contributed by atoms with Gasteiger partial charge in [-0.2, -0.15) is 0 Å². The van der Waals surface area contributed by atoms with E-state index in [2.05, 4.69) is 16.0 Å². The predicted octanol–water partition coefficient (Wildman–Crippen LogP) is 2.91. The highest BCUT2D eigenvalue weighted by Gasteiger charge is 2.15. The van der Waals surface area contributed by atoms with Crippen LogP contribution in [0.3, 0.4) is 0 Å². The van der Waals surface area contributed by atoms with E-state index >= 15 is 0 Å². The molecule has 0 saturated heterocycles. The third kappa shape index (κ3) is 2.43. The van der Waals surface area contributed by atoms with E-state index in [1.807, 2.05) is 13.1 Å². The molecule has 3 rings (SSSR count). The molecular formula is C16H20N2O2. The van der Waals surface area contributed by atoms with E-state index in [0.717, 1.165) is 17.4 Å². The number of nitrogens with one attached hydrogen (secondary N) is 1. The first-order valence-electron chi connectivity index (χ1n) is 7.20. The van der Waals surface area contributed by atoms with Gasteiger partial charge in [0, 0.05) is 30.8 Å². The second-order valence-corrected chi connectivity index (χ2v) is 5.64. The molecule has 1 heterocycles. The SMILES string of the molecule is Cn1c(CNC2CCCC2)cc2ccc(C(=O)O)cc21. The zero-order valence-electron chi connectivity index (χ0n) is 11.7. The number of carbonyl (C=O) groups is 1. The largest absolute Gasteiger partial charge is 0.478 e. The summed E-state index contributed by atoms with van der Waals surface area (Å²) in [6, 6.07) is 8.08. The van der Waals surface area contributed by atoms with E-state index in [-0.39, 0.29) is 0 Å². The van der Waals surface area contributed by atoms with Crippen LogP contribution < -0.4 is 5.32 Å². The van der Waals surface area contributed by atoms with Gasteiger partial charge in [0.1, 0.15) is 0 Å². The standard InChI is InChI=1S/C16H20N2O2/c1-18-14(10-17-13-4-2-3-5-13)8-11-6-7-12(16(19)20)9-15(11)18/h6-9,13,17H,2-5,10H2,1H3,(H,19,20). The maximum Gasteiger partial charge on any atom is 0.335 e. The smallest absolute Gasteiger partial charge is 0.335 e. The first-order chi connectivity index (χ1) is 9.65. The highest BCUT2D eigenvalue weighted by atomic mass is 16.4. The van der Waals surface area contributed by atoms with Crippen molar-refractivity contribution in [1.82, 2.24) is 9.88 Å². The minimum absolute atomic E-state index is 0.342. The Kier molecular flexibility index (Phi) is 3.49. The Labute approximate surface area is 118 Å². The van der Waals surface area contributed by atoms with E-state index in [4.69, 9.17) is 5.11 Å². The van der Waals surface area contributed by atoms with Crippen molar-refractivity contribution in [3.05, 3.63) is 35.5 Å². The summed E-state index contributed by atoms with van der Waals surface area (Å²) >= 11 is 0. The Morgan fingerprint density at radius 3 is 2.80 bits per heavy atom. The van der Waals surface area contributed by atoms with Crippen LogP contribution in [0.4, 0.5) is 0 Å². The molecule has 1 aliphatic carbocycles. The molecule has 1 aliphatic rings. The fraction of sp³-hybridized carbons (Fsp3) is 0.438. The van der Waals surface area contributed by atoms with Gasteiger partial charge in [-0.3, -0.25) is 0 Å². The molecule has 0 aliphatic heterocycles. The molecule has 0 bridgehead atoms. The molecule has 0 amide bonds. The van der Waals surface area contributed by atoms with Gasteiger partial charge in [0.15, 0.2) is 0 Å². The van der Waals surface area contributed by atoms with Crippen molar-refractivity contribution in [3.63, 3.8) is 0 Å². The fourth-order valence-electron chi connectivity index (χ4n) is 3.07.